The molecule has 0 saturated carbocycles. The van der Waals surface area contributed by atoms with Gasteiger partial charge in [-0.25, -0.2) is 4.98 Å². The van der Waals surface area contributed by atoms with Gasteiger partial charge in [0.1, 0.15) is 11.6 Å². The van der Waals surface area contributed by atoms with Gasteiger partial charge in [-0.05, 0) is 37.1 Å². The Morgan fingerprint density at radius 3 is 2.79 bits per heavy atom. The van der Waals surface area contributed by atoms with Gasteiger partial charge in [0.2, 0.25) is 0 Å². The first kappa shape index (κ1) is 14.8. The number of aromatic nitrogens is 2. The van der Waals surface area contributed by atoms with Crippen LogP contribution in [0.3, 0.4) is 0 Å². The van der Waals surface area contributed by atoms with Crippen LogP contribution in [0.15, 0.2) is 54.6 Å². The topological polar surface area (TPSA) is 58.2 Å². The van der Waals surface area contributed by atoms with E-state index in [4.69, 9.17) is 4.74 Å². The van der Waals surface area contributed by atoms with E-state index in [1.807, 2.05) is 59.5 Å². The van der Waals surface area contributed by atoms with Crippen molar-refractivity contribution in [2.24, 2.45) is 0 Å². The Bertz CT molecular complexity index is 811. The molecule has 1 fully saturated rings. The molecule has 4 rings (SSSR count). The van der Waals surface area contributed by atoms with Gasteiger partial charge in [0.15, 0.2) is 6.61 Å². The Morgan fingerprint density at radius 1 is 1.17 bits per heavy atom. The lowest BCUT2D eigenvalue weighted by atomic mass is 10.2. The highest BCUT2D eigenvalue weighted by Gasteiger charge is 2.32. The summed E-state index contributed by atoms with van der Waals surface area (Å²) in [5.41, 5.74) is 1.94. The van der Waals surface area contributed by atoms with Crippen molar-refractivity contribution in [2.75, 3.05) is 13.2 Å². The zero-order valence-electron chi connectivity index (χ0n) is 13.3. The molecule has 0 spiro atoms. The van der Waals surface area contributed by atoms with Gasteiger partial charge in [-0.3, -0.25) is 4.79 Å². The molecule has 1 atom stereocenters. The fourth-order valence-electron chi connectivity index (χ4n) is 3.22. The molecule has 1 amide bonds. The van der Waals surface area contributed by atoms with Crippen LogP contribution in [0, 0.1) is 0 Å². The number of para-hydroxylation sites is 3. The average molecular weight is 321 g/mol. The van der Waals surface area contributed by atoms with Crippen molar-refractivity contribution in [1.82, 2.24) is 14.9 Å². The number of nitrogens with one attached hydrogen (secondary N) is 1. The summed E-state index contributed by atoms with van der Waals surface area (Å²) in [5, 5.41) is 0. The van der Waals surface area contributed by atoms with Crippen molar-refractivity contribution >= 4 is 16.9 Å². The maximum absolute atomic E-state index is 12.6. The van der Waals surface area contributed by atoms with Crippen LogP contribution < -0.4 is 4.74 Å². The van der Waals surface area contributed by atoms with Gasteiger partial charge in [-0.1, -0.05) is 30.3 Å². The van der Waals surface area contributed by atoms with Gasteiger partial charge in [0.25, 0.3) is 5.91 Å². The molecule has 3 aromatic rings. The van der Waals surface area contributed by atoms with E-state index in [-0.39, 0.29) is 18.6 Å². The van der Waals surface area contributed by atoms with Crippen LogP contribution in [0.25, 0.3) is 11.0 Å². The number of hydrogen-bond acceptors (Lipinski definition) is 3. The third-order valence-corrected chi connectivity index (χ3v) is 4.40. The highest BCUT2D eigenvalue weighted by Crippen LogP contribution is 2.31. The Hall–Kier alpha value is -2.82. The second-order valence-electron chi connectivity index (χ2n) is 5.99. The molecule has 2 heterocycles. The zero-order chi connectivity index (χ0) is 16.4. The number of ether oxygens (including phenoxy) is 1. The van der Waals surface area contributed by atoms with Crippen molar-refractivity contribution < 1.29 is 9.53 Å². The zero-order valence-corrected chi connectivity index (χ0v) is 13.3. The Labute approximate surface area is 140 Å². The van der Waals surface area contributed by atoms with Crippen LogP contribution in [-0.4, -0.2) is 33.9 Å². The third-order valence-electron chi connectivity index (χ3n) is 4.40. The number of H-pyrrole nitrogens is 1. The number of fused-ring (bicyclic) bond motifs is 1. The molecule has 1 aliphatic rings. The van der Waals surface area contributed by atoms with E-state index < -0.39 is 0 Å². The summed E-state index contributed by atoms with van der Waals surface area (Å²) in [5.74, 6) is 1.58. The molecule has 122 valence electrons. The van der Waals surface area contributed by atoms with E-state index >= 15 is 0 Å². The Balaban J connectivity index is 1.48. The van der Waals surface area contributed by atoms with Gasteiger partial charge < -0.3 is 14.6 Å². The number of rotatable bonds is 4. The van der Waals surface area contributed by atoms with E-state index in [1.54, 1.807) is 0 Å². The van der Waals surface area contributed by atoms with Crippen LogP contribution in [0.4, 0.5) is 0 Å². The SMILES string of the molecule is O=C(COc1ccccc1)N1CCCC1c1nc2ccccc2[nH]1. The molecule has 1 saturated heterocycles. The third kappa shape index (κ3) is 2.85. The highest BCUT2D eigenvalue weighted by molar-refractivity contribution is 5.79. The van der Waals surface area contributed by atoms with Gasteiger partial charge in [-0.15, -0.1) is 0 Å². The van der Waals surface area contributed by atoms with E-state index in [1.165, 1.54) is 0 Å². The minimum atomic E-state index is 0.00168. The van der Waals surface area contributed by atoms with Crippen LogP contribution in [-0.2, 0) is 4.79 Å². The predicted molar refractivity (Wildman–Crippen MR) is 91.7 cm³/mol. The van der Waals surface area contributed by atoms with Crippen LogP contribution in [0.5, 0.6) is 5.75 Å². The summed E-state index contributed by atoms with van der Waals surface area (Å²) in [6.07, 6.45) is 1.91. The molecular formula is C19H19N3O2. The molecule has 24 heavy (non-hydrogen) atoms. The lowest BCUT2D eigenvalue weighted by Gasteiger charge is -2.23. The Morgan fingerprint density at radius 2 is 1.96 bits per heavy atom. The van der Waals surface area contributed by atoms with Gasteiger partial charge in [-0.2, -0.15) is 0 Å². The fourth-order valence-corrected chi connectivity index (χ4v) is 3.22. The standard InChI is InChI=1S/C19H19N3O2/c23-18(13-24-14-7-2-1-3-8-14)22-12-6-11-17(22)19-20-15-9-4-5-10-16(15)21-19/h1-5,7-10,17H,6,11-13H2,(H,20,21). The second-order valence-corrected chi connectivity index (χ2v) is 5.99. The lowest BCUT2D eigenvalue weighted by molar-refractivity contribution is -0.134. The lowest BCUT2D eigenvalue weighted by Crippen LogP contribution is -2.34. The molecule has 0 aliphatic carbocycles. The smallest absolute Gasteiger partial charge is 0.261 e. The van der Waals surface area contributed by atoms with Crippen molar-refractivity contribution in [3.8, 4) is 5.75 Å². The summed E-state index contributed by atoms with van der Waals surface area (Å²) in [7, 11) is 0. The summed E-state index contributed by atoms with van der Waals surface area (Å²) < 4.78 is 5.60. The average Bonchev–Trinajstić information content (AvgIpc) is 3.26. The number of likely N-dealkylation sites (tertiary alicyclic amines) is 1. The molecule has 5 heteroatoms. The van der Waals surface area contributed by atoms with Gasteiger partial charge in [0, 0.05) is 6.54 Å². The first-order chi connectivity index (χ1) is 11.8. The number of nitrogens with zero attached hydrogens (tertiary/aromatic N) is 2. The van der Waals surface area contributed by atoms with Crippen LogP contribution >= 0.6 is 0 Å². The molecular weight excluding hydrogens is 302 g/mol. The molecule has 5 nitrogen and oxygen atoms in total. The summed E-state index contributed by atoms with van der Waals surface area (Å²) in [4.78, 5) is 22.5. The van der Waals surface area contributed by atoms with Crippen molar-refractivity contribution in [3.05, 3.63) is 60.4 Å². The monoisotopic (exact) mass is 321 g/mol. The number of carbonyl (C=O) groups excluding carboxylic acids is 1. The fraction of sp³-hybridized carbons (Fsp3) is 0.263. The molecule has 1 unspecified atom stereocenters. The number of amides is 1. The predicted octanol–water partition coefficient (Wildman–Crippen LogP) is 3.31. The number of aromatic amines is 1. The summed E-state index contributed by atoms with van der Waals surface area (Å²) >= 11 is 0. The maximum atomic E-state index is 12.6. The van der Waals surface area contributed by atoms with E-state index in [2.05, 4.69) is 9.97 Å². The first-order valence-corrected chi connectivity index (χ1v) is 8.23. The number of imidazole rings is 1. The quantitative estimate of drug-likeness (QED) is 0.802. The molecule has 1 aromatic heterocycles. The van der Waals surface area contributed by atoms with Crippen molar-refractivity contribution in [2.45, 2.75) is 18.9 Å². The highest BCUT2D eigenvalue weighted by atomic mass is 16.5. The van der Waals surface area contributed by atoms with E-state index in [0.29, 0.717) is 5.75 Å². The number of hydrogen-bond donors (Lipinski definition) is 1. The second kappa shape index (κ2) is 6.35. The van der Waals surface area contributed by atoms with Crippen LogP contribution in [0.1, 0.15) is 24.7 Å². The number of benzene rings is 2. The molecule has 1 N–H and O–H groups in total. The van der Waals surface area contributed by atoms with Crippen molar-refractivity contribution in [1.29, 1.82) is 0 Å². The van der Waals surface area contributed by atoms with Crippen molar-refractivity contribution in [3.63, 3.8) is 0 Å². The van der Waals surface area contributed by atoms with Gasteiger partial charge in [0.05, 0.1) is 17.1 Å². The van der Waals surface area contributed by atoms with Crippen LogP contribution in [0.2, 0.25) is 0 Å². The molecule has 0 bridgehead atoms. The van der Waals surface area contributed by atoms with Gasteiger partial charge >= 0.3 is 0 Å². The minimum Gasteiger partial charge on any atom is -0.484 e. The molecule has 1 aliphatic heterocycles. The summed E-state index contributed by atoms with van der Waals surface area (Å²) in [6, 6.07) is 17.4. The normalized spacial score (nSPS) is 17.3. The first-order valence-electron chi connectivity index (χ1n) is 8.23. The van der Waals surface area contributed by atoms with E-state index in [0.717, 1.165) is 36.2 Å². The van der Waals surface area contributed by atoms with E-state index in [9.17, 15) is 4.79 Å². The maximum Gasteiger partial charge on any atom is 0.261 e. The molecule has 0 radical (unpaired) electrons. The Kier molecular flexibility index (Phi) is 3.91. The number of carbonyl (C=O) groups is 1. The summed E-state index contributed by atoms with van der Waals surface area (Å²) in [6.45, 7) is 0.805. The minimum absolute atomic E-state index is 0.00168. The largest absolute Gasteiger partial charge is 0.484 e. The molecule has 2 aromatic carbocycles.